The summed E-state index contributed by atoms with van der Waals surface area (Å²) in [7, 11) is -3.29. The van der Waals surface area contributed by atoms with Crippen LogP contribution in [-0.2, 0) is 10.0 Å². The van der Waals surface area contributed by atoms with Gasteiger partial charge in [0.2, 0.25) is 10.0 Å². The summed E-state index contributed by atoms with van der Waals surface area (Å²) in [4.78, 5) is 0. The molecule has 0 bridgehead atoms. The Kier molecular flexibility index (Phi) is 7.30. The van der Waals surface area contributed by atoms with Crippen LogP contribution in [0.1, 0.15) is 33.1 Å². The van der Waals surface area contributed by atoms with E-state index in [0.717, 1.165) is 0 Å². The van der Waals surface area contributed by atoms with Gasteiger partial charge in [0.1, 0.15) is 0 Å². The van der Waals surface area contributed by atoms with Gasteiger partial charge in [-0.1, -0.05) is 13.8 Å². The van der Waals surface area contributed by atoms with E-state index < -0.39 is 16.1 Å². The van der Waals surface area contributed by atoms with Crippen molar-refractivity contribution in [1.29, 1.82) is 5.26 Å². The van der Waals surface area contributed by atoms with Crippen molar-refractivity contribution < 1.29 is 13.5 Å². The number of hydrogen-bond acceptors (Lipinski definition) is 4. The molecule has 0 amide bonds. The van der Waals surface area contributed by atoms with Crippen molar-refractivity contribution in [3.05, 3.63) is 0 Å². The molecule has 0 aliphatic carbocycles. The molecule has 16 heavy (non-hydrogen) atoms. The van der Waals surface area contributed by atoms with Crippen molar-refractivity contribution in [1.82, 2.24) is 4.72 Å². The number of rotatable bonds is 8. The summed E-state index contributed by atoms with van der Waals surface area (Å²) in [5, 5.41) is 17.7. The Morgan fingerprint density at radius 2 is 2.06 bits per heavy atom. The molecule has 5 nitrogen and oxygen atoms in total. The van der Waals surface area contributed by atoms with Gasteiger partial charge in [0, 0.05) is 13.0 Å². The maximum absolute atomic E-state index is 11.4. The first-order valence-corrected chi connectivity index (χ1v) is 7.06. The lowest BCUT2D eigenvalue weighted by Crippen LogP contribution is -2.30. The van der Waals surface area contributed by atoms with E-state index in [0.29, 0.717) is 12.8 Å². The second-order valence-electron chi connectivity index (χ2n) is 4.07. The largest absolute Gasteiger partial charge is 0.393 e. The van der Waals surface area contributed by atoms with Crippen LogP contribution < -0.4 is 4.72 Å². The van der Waals surface area contributed by atoms with E-state index >= 15 is 0 Å². The molecule has 0 aromatic carbocycles. The molecule has 1 unspecified atom stereocenters. The van der Waals surface area contributed by atoms with Crippen LogP contribution in [0.4, 0.5) is 0 Å². The third-order valence-corrected chi connectivity index (χ3v) is 3.70. The first kappa shape index (κ1) is 15.4. The monoisotopic (exact) mass is 248 g/mol. The molecular formula is C10H20N2O3S. The number of aliphatic hydroxyl groups excluding tert-OH is 1. The van der Waals surface area contributed by atoms with Crippen LogP contribution in [0, 0.1) is 17.2 Å². The third-order valence-electron chi connectivity index (χ3n) is 2.23. The van der Waals surface area contributed by atoms with Crippen molar-refractivity contribution in [3.8, 4) is 6.07 Å². The average Bonchev–Trinajstić information content (AvgIpc) is 2.17. The molecule has 0 aliphatic heterocycles. The van der Waals surface area contributed by atoms with Gasteiger partial charge in [-0.2, -0.15) is 5.26 Å². The molecule has 6 heteroatoms. The van der Waals surface area contributed by atoms with Gasteiger partial charge in [0.15, 0.2) is 0 Å². The first-order chi connectivity index (χ1) is 7.39. The van der Waals surface area contributed by atoms with E-state index in [2.05, 4.69) is 4.72 Å². The smallest absolute Gasteiger partial charge is 0.211 e. The number of nitriles is 1. The lowest BCUT2D eigenvalue weighted by molar-refractivity contribution is 0.118. The Morgan fingerprint density at radius 3 is 2.56 bits per heavy atom. The highest BCUT2D eigenvalue weighted by Crippen LogP contribution is 2.04. The fourth-order valence-corrected chi connectivity index (χ4v) is 2.21. The molecule has 0 spiro atoms. The molecule has 0 aromatic rings. The molecule has 0 saturated carbocycles. The highest BCUT2D eigenvalue weighted by atomic mass is 32.2. The molecule has 0 aliphatic rings. The average molecular weight is 248 g/mol. The van der Waals surface area contributed by atoms with E-state index in [-0.39, 0.29) is 24.6 Å². The molecule has 0 rings (SSSR count). The lowest BCUT2D eigenvalue weighted by Gasteiger charge is -2.14. The minimum absolute atomic E-state index is 0.0294. The van der Waals surface area contributed by atoms with Crippen LogP contribution >= 0.6 is 0 Å². The molecular weight excluding hydrogens is 228 g/mol. The molecule has 2 N–H and O–H groups in total. The standard InChI is InChI=1S/C10H20N2O3S/c1-9(2)10(13)5-7-12-16(14,15)8-4-3-6-11/h9-10,12-13H,3-5,7-8H2,1-2H3. The van der Waals surface area contributed by atoms with Gasteiger partial charge in [-0.05, 0) is 18.8 Å². The quantitative estimate of drug-likeness (QED) is 0.616. The zero-order valence-corrected chi connectivity index (χ0v) is 10.6. The minimum atomic E-state index is -3.29. The van der Waals surface area contributed by atoms with Crippen molar-refractivity contribution in [3.63, 3.8) is 0 Å². The Morgan fingerprint density at radius 1 is 1.44 bits per heavy atom. The molecule has 0 fully saturated rings. The summed E-state index contributed by atoms with van der Waals surface area (Å²) >= 11 is 0. The van der Waals surface area contributed by atoms with Gasteiger partial charge >= 0.3 is 0 Å². The van der Waals surface area contributed by atoms with Crippen LogP contribution in [0.5, 0.6) is 0 Å². The summed E-state index contributed by atoms with van der Waals surface area (Å²) in [6, 6.07) is 1.90. The number of nitrogens with zero attached hydrogens (tertiary/aromatic N) is 1. The van der Waals surface area contributed by atoms with Crippen molar-refractivity contribution in [2.45, 2.75) is 39.2 Å². The molecule has 94 valence electrons. The van der Waals surface area contributed by atoms with Gasteiger partial charge in [0.25, 0.3) is 0 Å². The topological polar surface area (TPSA) is 90.2 Å². The van der Waals surface area contributed by atoms with E-state index in [1.807, 2.05) is 19.9 Å². The van der Waals surface area contributed by atoms with Crippen LogP contribution in [0.25, 0.3) is 0 Å². The molecule has 0 saturated heterocycles. The van der Waals surface area contributed by atoms with Crippen molar-refractivity contribution in [2.24, 2.45) is 5.92 Å². The molecule has 0 radical (unpaired) electrons. The van der Waals surface area contributed by atoms with Crippen LogP contribution in [0.2, 0.25) is 0 Å². The second kappa shape index (κ2) is 7.60. The van der Waals surface area contributed by atoms with Gasteiger partial charge in [-0.25, -0.2) is 13.1 Å². The lowest BCUT2D eigenvalue weighted by atomic mass is 10.1. The molecule has 1 atom stereocenters. The fourth-order valence-electron chi connectivity index (χ4n) is 1.11. The maximum Gasteiger partial charge on any atom is 0.211 e. The third kappa shape index (κ3) is 7.63. The second-order valence-corrected chi connectivity index (χ2v) is 6.00. The summed E-state index contributed by atoms with van der Waals surface area (Å²) in [5.74, 6) is 0.0984. The van der Waals surface area contributed by atoms with Gasteiger partial charge in [-0.3, -0.25) is 0 Å². The number of nitrogens with one attached hydrogen (secondary N) is 1. The summed E-state index contributed by atoms with van der Waals surface area (Å²) in [6.07, 6.45) is 0.519. The number of hydrogen-bond donors (Lipinski definition) is 2. The highest BCUT2D eigenvalue weighted by molar-refractivity contribution is 7.89. The van der Waals surface area contributed by atoms with Gasteiger partial charge in [0.05, 0.1) is 17.9 Å². The van der Waals surface area contributed by atoms with Crippen molar-refractivity contribution in [2.75, 3.05) is 12.3 Å². The summed E-state index contributed by atoms with van der Waals surface area (Å²) in [6.45, 7) is 4.01. The predicted octanol–water partition coefficient (Wildman–Crippen LogP) is 0.617. The normalized spacial score (nSPS) is 13.7. The van der Waals surface area contributed by atoms with Gasteiger partial charge < -0.3 is 5.11 Å². The first-order valence-electron chi connectivity index (χ1n) is 5.41. The fraction of sp³-hybridized carbons (Fsp3) is 0.900. The molecule has 0 heterocycles. The zero-order valence-electron chi connectivity index (χ0n) is 9.81. The van der Waals surface area contributed by atoms with Gasteiger partial charge in [-0.15, -0.1) is 0 Å². The van der Waals surface area contributed by atoms with Crippen LogP contribution in [-0.4, -0.2) is 31.9 Å². The Balaban J connectivity index is 3.79. The molecule has 0 aromatic heterocycles. The Bertz CT molecular complexity index is 319. The highest BCUT2D eigenvalue weighted by Gasteiger charge is 2.12. The zero-order chi connectivity index (χ0) is 12.6. The van der Waals surface area contributed by atoms with Crippen molar-refractivity contribution >= 4 is 10.0 Å². The van der Waals surface area contributed by atoms with Crippen LogP contribution in [0.3, 0.4) is 0 Å². The van der Waals surface area contributed by atoms with E-state index in [1.54, 1.807) is 0 Å². The summed E-state index contributed by atoms with van der Waals surface area (Å²) < 4.78 is 25.1. The predicted molar refractivity (Wildman–Crippen MR) is 62.1 cm³/mol. The van der Waals surface area contributed by atoms with E-state index in [1.165, 1.54) is 0 Å². The van der Waals surface area contributed by atoms with E-state index in [4.69, 9.17) is 5.26 Å². The number of unbranched alkanes of at least 4 members (excludes halogenated alkanes) is 1. The number of aliphatic hydroxyl groups is 1. The number of sulfonamides is 1. The van der Waals surface area contributed by atoms with Crippen LogP contribution in [0.15, 0.2) is 0 Å². The maximum atomic E-state index is 11.4. The summed E-state index contributed by atoms with van der Waals surface area (Å²) in [5.41, 5.74) is 0. The SMILES string of the molecule is CC(C)C(O)CCNS(=O)(=O)CCCC#N. The minimum Gasteiger partial charge on any atom is -0.393 e. The Hall–Kier alpha value is -0.640. The van der Waals surface area contributed by atoms with E-state index in [9.17, 15) is 13.5 Å². The Labute approximate surface area is 97.5 Å².